The smallest absolute Gasteiger partial charge is 0.412 e. The standard InChI is InChI=1S/C20H23NO4/c1-20(2,3)25-19(24)21-16-11-9-14(10-12-16)13-17(18(22)23)15-7-5-4-6-8-15/h4-12,17H,13H2,1-3H3,(H,21,24)(H,22,23). The van der Waals surface area contributed by atoms with Crippen LogP contribution in [0.4, 0.5) is 10.5 Å². The first kappa shape index (κ1) is 18.5. The van der Waals surface area contributed by atoms with Crippen LogP contribution < -0.4 is 5.32 Å². The number of hydrogen-bond donors (Lipinski definition) is 2. The van der Waals surface area contributed by atoms with E-state index in [0.717, 1.165) is 11.1 Å². The van der Waals surface area contributed by atoms with E-state index in [-0.39, 0.29) is 0 Å². The molecule has 25 heavy (non-hydrogen) atoms. The van der Waals surface area contributed by atoms with E-state index >= 15 is 0 Å². The second kappa shape index (κ2) is 7.83. The Hall–Kier alpha value is -2.82. The first-order chi connectivity index (χ1) is 11.7. The Morgan fingerprint density at radius 3 is 2.16 bits per heavy atom. The molecular formula is C20H23NO4. The van der Waals surface area contributed by atoms with Crippen LogP contribution in [-0.4, -0.2) is 22.8 Å². The second-order valence-electron chi connectivity index (χ2n) is 6.83. The number of anilines is 1. The maximum atomic E-state index is 11.8. The van der Waals surface area contributed by atoms with Gasteiger partial charge in [-0.3, -0.25) is 10.1 Å². The number of hydrogen-bond acceptors (Lipinski definition) is 3. The van der Waals surface area contributed by atoms with Gasteiger partial charge in [0.25, 0.3) is 0 Å². The third-order valence-electron chi connectivity index (χ3n) is 3.54. The molecule has 5 heteroatoms. The lowest BCUT2D eigenvalue weighted by Gasteiger charge is -2.19. The highest BCUT2D eigenvalue weighted by Gasteiger charge is 2.20. The molecule has 0 saturated heterocycles. The van der Waals surface area contributed by atoms with Crippen molar-refractivity contribution in [1.82, 2.24) is 0 Å². The number of carbonyl (C=O) groups excluding carboxylic acids is 1. The van der Waals surface area contributed by atoms with E-state index in [9.17, 15) is 14.7 Å². The zero-order chi connectivity index (χ0) is 18.4. The highest BCUT2D eigenvalue weighted by Crippen LogP contribution is 2.22. The molecule has 132 valence electrons. The number of aliphatic carboxylic acids is 1. The Balaban J connectivity index is 2.04. The predicted molar refractivity (Wildman–Crippen MR) is 96.8 cm³/mol. The van der Waals surface area contributed by atoms with Crippen LogP contribution in [0.3, 0.4) is 0 Å². The maximum Gasteiger partial charge on any atom is 0.412 e. The lowest BCUT2D eigenvalue weighted by atomic mass is 9.92. The molecule has 1 unspecified atom stereocenters. The van der Waals surface area contributed by atoms with Crippen molar-refractivity contribution in [3.63, 3.8) is 0 Å². The number of benzene rings is 2. The maximum absolute atomic E-state index is 11.8. The summed E-state index contributed by atoms with van der Waals surface area (Å²) in [5.41, 5.74) is 1.69. The number of ether oxygens (including phenoxy) is 1. The number of amides is 1. The minimum atomic E-state index is -0.859. The van der Waals surface area contributed by atoms with E-state index < -0.39 is 23.6 Å². The summed E-state index contributed by atoms with van der Waals surface area (Å²) >= 11 is 0. The van der Waals surface area contributed by atoms with Crippen molar-refractivity contribution in [3.05, 3.63) is 65.7 Å². The molecule has 0 saturated carbocycles. The number of nitrogens with one attached hydrogen (secondary N) is 1. The normalized spacial score (nSPS) is 12.3. The molecule has 0 fully saturated rings. The van der Waals surface area contributed by atoms with E-state index in [2.05, 4.69) is 5.32 Å². The molecule has 0 heterocycles. The van der Waals surface area contributed by atoms with Crippen LogP contribution in [0.25, 0.3) is 0 Å². The summed E-state index contributed by atoms with van der Waals surface area (Å²) in [5.74, 6) is -1.46. The Kier molecular flexibility index (Phi) is 5.80. The quantitative estimate of drug-likeness (QED) is 0.843. The molecule has 0 bridgehead atoms. The summed E-state index contributed by atoms with van der Waals surface area (Å²) in [6.07, 6.45) is -0.139. The van der Waals surface area contributed by atoms with Gasteiger partial charge in [-0.25, -0.2) is 4.79 Å². The second-order valence-corrected chi connectivity index (χ2v) is 6.83. The molecule has 5 nitrogen and oxygen atoms in total. The third kappa shape index (κ3) is 5.95. The number of rotatable bonds is 5. The van der Waals surface area contributed by atoms with E-state index in [4.69, 9.17) is 4.74 Å². The Labute approximate surface area is 147 Å². The van der Waals surface area contributed by atoms with Crippen molar-refractivity contribution in [1.29, 1.82) is 0 Å². The molecule has 0 aliphatic carbocycles. The lowest BCUT2D eigenvalue weighted by molar-refractivity contribution is -0.138. The Morgan fingerprint density at radius 1 is 1.04 bits per heavy atom. The minimum Gasteiger partial charge on any atom is -0.481 e. The van der Waals surface area contributed by atoms with Gasteiger partial charge in [-0.1, -0.05) is 42.5 Å². The fourth-order valence-corrected chi connectivity index (χ4v) is 2.41. The third-order valence-corrected chi connectivity index (χ3v) is 3.54. The number of carboxylic acid groups (broad SMARTS) is 1. The van der Waals surface area contributed by atoms with Crippen molar-refractivity contribution < 1.29 is 19.4 Å². The molecule has 0 aromatic heterocycles. The summed E-state index contributed by atoms with van der Waals surface area (Å²) in [6.45, 7) is 5.39. The predicted octanol–water partition coefficient (Wildman–Crippen LogP) is 4.44. The molecule has 0 spiro atoms. The van der Waals surface area contributed by atoms with Crippen LogP contribution in [0.5, 0.6) is 0 Å². The number of carboxylic acids is 1. The first-order valence-electron chi connectivity index (χ1n) is 8.11. The lowest BCUT2D eigenvalue weighted by Crippen LogP contribution is -2.27. The summed E-state index contributed by atoms with van der Waals surface area (Å²) < 4.78 is 5.20. The molecule has 0 radical (unpaired) electrons. The van der Waals surface area contributed by atoms with Crippen LogP contribution in [0, 0.1) is 0 Å². The monoisotopic (exact) mass is 341 g/mol. The molecule has 2 rings (SSSR count). The molecule has 1 atom stereocenters. The van der Waals surface area contributed by atoms with E-state index in [1.54, 1.807) is 32.9 Å². The molecular weight excluding hydrogens is 318 g/mol. The van der Waals surface area contributed by atoms with Crippen LogP contribution >= 0.6 is 0 Å². The van der Waals surface area contributed by atoms with Gasteiger partial charge >= 0.3 is 12.1 Å². The van der Waals surface area contributed by atoms with Crippen molar-refractivity contribution in [3.8, 4) is 0 Å². The van der Waals surface area contributed by atoms with Crippen molar-refractivity contribution in [2.45, 2.75) is 38.7 Å². The molecule has 2 N–H and O–H groups in total. The summed E-state index contributed by atoms with van der Waals surface area (Å²) in [5, 5.41) is 12.2. The van der Waals surface area contributed by atoms with E-state index in [1.165, 1.54) is 0 Å². The van der Waals surface area contributed by atoms with E-state index in [1.807, 2.05) is 42.5 Å². The highest BCUT2D eigenvalue weighted by atomic mass is 16.6. The average molecular weight is 341 g/mol. The van der Waals surface area contributed by atoms with E-state index in [0.29, 0.717) is 12.1 Å². The number of carbonyl (C=O) groups is 2. The summed E-state index contributed by atoms with van der Waals surface area (Å²) in [4.78, 5) is 23.3. The average Bonchev–Trinajstić information content (AvgIpc) is 2.53. The SMILES string of the molecule is CC(C)(C)OC(=O)Nc1ccc(CC(C(=O)O)c2ccccc2)cc1. The topological polar surface area (TPSA) is 75.6 Å². The first-order valence-corrected chi connectivity index (χ1v) is 8.11. The van der Waals surface area contributed by atoms with Crippen LogP contribution in [0.15, 0.2) is 54.6 Å². The summed E-state index contributed by atoms with van der Waals surface area (Å²) in [7, 11) is 0. The van der Waals surface area contributed by atoms with Gasteiger partial charge in [-0.2, -0.15) is 0 Å². The van der Waals surface area contributed by atoms with Crippen molar-refractivity contribution >= 4 is 17.7 Å². The van der Waals surface area contributed by atoms with Crippen LogP contribution in [0.2, 0.25) is 0 Å². The zero-order valence-electron chi connectivity index (χ0n) is 14.7. The fourth-order valence-electron chi connectivity index (χ4n) is 2.41. The molecule has 0 aliphatic rings. The minimum absolute atomic E-state index is 0.381. The highest BCUT2D eigenvalue weighted by molar-refractivity contribution is 5.84. The van der Waals surface area contributed by atoms with Gasteiger partial charge in [-0.05, 0) is 50.5 Å². The van der Waals surface area contributed by atoms with Gasteiger partial charge in [0.2, 0.25) is 0 Å². The molecule has 1 amide bonds. The zero-order valence-corrected chi connectivity index (χ0v) is 14.7. The van der Waals surface area contributed by atoms with Gasteiger partial charge in [0.1, 0.15) is 5.60 Å². The van der Waals surface area contributed by atoms with Crippen LogP contribution in [0.1, 0.15) is 37.8 Å². The van der Waals surface area contributed by atoms with Gasteiger partial charge < -0.3 is 9.84 Å². The molecule has 0 aliphatic heterocycles. The summed E-state index contributed by atoms with van der Waals surface area (Å²) in [6, 6.07) is 16.3. The van der Waals surface area contributed by atoms with Gasteiger partial charge in [0.05, 0.1) is 5.92 Å². The van der Waals surface area contributed by atoms with Crippen LogP contribution in [-0.2, 0) is 16.0 Å². The fraction of sp³-hybridized carbons (Fsp3) is 0.300. The largest absolute Gasteiger partial charge is 0.481 e. The van der Waals surface area contributed by atoms with Gasteiger partial charge in [0, 0.05) is 5.69 Å². The van der Waals surface area contributed by atoms with Gasteiger partial charge in [0.15, 0.2) is 0 Å². The Morgan fingerprint density at radius 2 is 1.64 bits per heavy atom. The molecule has 2 aromatic carbocycles. The van der Waals surface area contributed by atoms with Crippen molar-refractivity contribution in [2.75, 3.05) is 5.32 Å². The molecule has 2 aromatic rings. The Bertz CT molecular complexity index is 718. The van der Waals surface area contributed by atoms with Gasteiger partial charge in [-0.15, -0.1) is 0 Å². The van der Waals surface area contributed by atoms with Crippen molar-refractivity contribution in [2.24, 2.45) is 0 Å².